The molecule has 0 aliphatic heterocycles. The summed E-state index contributed by atoms with van der Waals surface area (Å²) in [5.41, 5.74) is 0.543. The summed E-state index contributed by atoms with van der Waals surface area (Å²) in [5.74, 6) is 1.03. The molecule has 4 nitrogen and oxygen atoms in total. The molecule has 0 saturated heterocycles. The normalized spacial score (nSPS) is 13.3. The summed E-state index contributed by atoms with van der Waals surface area (Å²) in [7, 11) is 0. The number of thiophene rings is 1. The molecule has 0 fully saturated rings. The predicted octanol–water partition coefficient (Wildman–Crippen LogP) is 3.63. The van der Waals surface area contributed by atoms with Crippen molar-refractivity contribution in [2.45, 2.75) is 11.4 Å². The lowest BCUT2D eigenvalue weighted by molar-refractivity contribution is -0.119. The van der Waals surface area contributed by atoms with E-state index >= 15 is 0 Å². The number of thioether (sulfide) groups is 1. The summed E-state index contributed by atoms with van der Waals surface area (Å²) in [6, 6.07) is 15.5. The zero-order chi connectivity index (χ0) is 17.5. The number of aliphatic hydroxyl groups is 1. The molecule has 3 rings (SSSR count). The fourth-order valence-electron chi connectivity index (χ4n) is 2.46. The van der Waals surface area contributed by atoms with E-state index in [4.69, 9.17) is 4.42 Å². The van der Waals surface area contributed by atoms with Gasteiger partial charge in [-0.15, -0.1) is 23.1 Å². The van der Waals surface area contributed by atoms with Crippen molar-refractivity contribution in [2.75, 3.05) is 12.3 Å². The van der Waals surface area contributed by atoms with Crippen molar-refractivity contribution < 1.29 is 14.3 Å². The second-order valence-electron chi connectivity index (χ2n) is 5.60. The second kappa shape index (κ2) is 8.38. The highest BCUT2D eigenvalue weighted by molar-refractivity contribution is 7.99. The minimum absolute atomic E-state index is 0.0978. The van der Waals surface area contributed by atoms with E-state index in [2.05, 4.69) is 5.32 Å². The van der Waals surface area contributed by atoms with E-state index in [0.717, 1.165) is 10.6 Å². The molecule has 6 heteroatoms. The Hall–Kier alpha value is -2.02. The number of furan rings is 1. The van der Waals surface area contributed by atoms with Crippen molar-refractivity contribution >= 4 is 29.0 Å². The minimum Gasteiger partial charge on any atom is -0.472 e. The molecule has 2 aromatic heterocycles. The molecule has 2 heterocycles. The van der Waals surface area contributed by atoms with Gasteiger partial charge in [-0.2, -0.15) is 0 Å². The second-order valence-corrected chi connectivity index (χ2v) is 7.54. The lowest BCUT2D eigenvalue weighted by Gasteiger charge is -2.26. The number of rotatable bonds is 8. The molecule has 1 aromatic carbocycles. The van der Waals surface area contributed by atoms with Crippen molar-refractivity contribution in [1.29, 1.82) is 0 Å². The molecule has 2 N–H and O–H groups in total. The first-order valence-corrected chi connectivity index (χ1v) is 9.89. The molecule has 0 bridgehead atoms. The number of hydrogen-bond donors (Lipinski definition) is 2. The van der Waals surface area contributed by atoms with Gasteiger partial charge in [0.15, 0.2) is 0 Å². The highest BCUT2D eigenvalue weighted by atomic mass is 32.2. The minimum atomic E-state index is -1.28. The van der Waals surface area contributed by atoms with Crippen LogP contribution in [0, 0.1) is 0 Å². The van der Waals surface area contributed by atoms with Crippen molar-refractivity contribution in [1.82, 2.24) is 5.32 Å². The fraction of sp³-hybridized carbons (Fsp3) is 0.211. The molecule has 0 radical (unpaired) electrons. The summed E-state index contributed by atoms with van der Waals surface area (Å²) in [4.78, 5) is 12.9. The zero-order valence-electron chi connectivity index (χ0n) is 13.6. The highest BCUT2D eigenvalue weighted by Gasteiger charge is 2.34. The molecule has 1 amide bonds. The van der Waals surface area contributed by atoms with Gasteiger partial charge in [-0.3, -0.25) is 4.79 Å². The molecule has 0 unspecified atom stereocenters. The number of hydrogen-bond acceptors (Lipinski definition) is 5. The van der Waals surface area contributed by atoms with Crippen LogP contribution in [0.5, 0.6) is 0 Å². The lowest BCUT2D eigenvalue weighted by Crippen LogP contribution is -2.41. The number of carbonyl (C=O) groups is 1. The molecular weight excluding hydrogens is 354 g/mol. The van der Waals surface area contributed by atoms with Gasteiger partial charge < -0.3 is 14.8 Å². The molecule has 25 heavy (non-hydrogen) atoms. The number of amides is 1. The first-order chi connectivity index (χ1) is 12.2. The van der Waals surface area contributed by atoms with Gasteiger partial charge in [-0.05, 0) is 23.1 Å². The maximum absolute atomic E-state index is 12.2. The Balaban J connectivity index is 1.55. The van der Waals surface area contributed by atoms with Crippen LogP contribution in [0.2, 0.25) is 0 Å². The summed E-state index contributed by atoms with van der Waals surface area (Å²) in [5, 5.41) is 15.9. The third-order valence-electron chi connectivity index (χ3n) is 3.81. The lowest BCUT2D eigenvalue weighted by atomic mass is 9.94. The highest BCUT2D eigenvalue weighted by Crippen LogP contribution is 2.32. The molecule has 0 saturated carbocycles. The van der Waals surface area contributed by atoms with Gasteiger partial charge in [0.25, 0.3) is 0 Å². The molecule has 130 valence electrons. The molecule has 1 atom stereocenters. The van der Waals surface area contributed by atoms with E-state index in [9.17, 15) is 9.90 Å². The van der Waals surface area contributed by atoms with Crippen LogP contribution < -0.4 is 5.32 Å². The van der Waals surface area contributed by atoms with E-state index in [1.807, 2.05) is 47.8 Å². The van der Waals surface area contributed by atoms with E-state index < -0.39 is 5.60 Å². The quantitative estimate of drug-likeness (QED) is 0.633. The first kappa shape index (κ1) is 17.8. The van der Waals surface area contributed by atoms with Crippen LogP contribution in [0.3, 0.4) is 0 Å². The average Bonchev–Trinajstić information content (AvgIpc) is 3.34. The van der Waals surface area contributed by atoms with Crippen molar-refractivity contribution in [3.63, 3.8) is 0 Å². The van der Waals surface area contributed by atoms with Gasteiger partial charge in [0.05, 0.1) is 24.8 Å². The summed E-state index contributed by atoms with van der Waals surface area (Å²) >= 11 is 3.00. The van der Waals surface area contributed by atoms with Crippen LogP contribution in [-0.2, 0) is 16.1 Å². The zero-order valence-corrected chi connectivity index (χ0v) is 15.2. The Morgan fingerprint density at radius 2 is 2.04 bits per heavy atom. The monoisotopic (exact) mass is 373 g/mol. The Morgan fingerprint density at radius 1 is 1.20 bits per heavy atom. The van der Waals surface area contributed by atoms with Crippen LogP contribution in [0.15, 0.2) is 70.9 Å². The van der Waals surface area contributed by atoms with Gasteiger partial charge in [0.1, 0.15) is 5.60 Å². The van der Waals surface area contributed by atoms with Crippen LogP contribution >= 0.6 is 23.1 Å². The summed E-state index contributed by atoms with van der Waals surface area (Å²) < 4.78 is 5.11. The summed E-state index contributed by atoms with van der Waals surface area (Å²) in [6.45, 7) is 0.109. The Kier molecular flexibility index (Phi) is 5.96. The Morgan fingerprint density at radius 3 is 2.72 bits per heavy atom. The fourth-order valence-corrected chi connectivity index (χ4v) is 4.12. The predicted molar refractivity (Wildman–Crippen MR) is 102 cm³/mol. The van der Waals surface area contributed by atoms with E-state index in [1.165, 1.54) is 29.4 Å². The molecule has 0 spiro atoms. The molecule has 0 aliphatic rings. The van der Waals surface area contributed by atoms with Crippen LogP contribution in [-0.4, -0.2) is 23.3 Å². The number of benzene rings is 1. The third-order valence-corrected chi connectivity index (χ3v) is 5.84. The molecule has 0 aliphatic carbocycles. The van der Waals surface area contributed by atoms with Crippen LogP contribution in [0.1, 0.15) is 16.0 Å². The van der Waals surface area contributed by atoms with Gasteiger partial charge in [0.2, 0.25) is 5.91 Å². The largest absolute Gasteiger partial charge is 0.472 e. The van der Waals surface area contributed by atoms with Gasteiger partial charge in [-0.1, -0.05) is 36.4 Å². The topological polar surface area (TPSA) is 62.5 Å². The van der Waals surface area contributed by atoms with Gasteiger partial charge >= 0.3 is 0 Å². The average molecular weight is 373 g/mol. The van der Waals surface area contributed by atoms with E-state index in [-0.39, 0.29) is 12.5 Å². The molecular formula is C19H19NO3S2. The van der Waals surface area contributed by atoms with E-state index in [1.54, 1.807) is 17.8 Å². The molecule has 3 aromatic rings. The third kappa shape index (κ3) is 4.54. The van der Waals surface area contributed by atoms with Gasteiger partial charge in [-0.25, -0.2) is 0 Å². The van der Waals surface area contributed by atoms with Crippen LogP contribution in [0.25, 0.3) is 0 Å². The Labute approximate surface area is 154 Å². The smallest absolute Gasteiger partial charge is 0.230 e. The van der Waals surface area contributed by atoms with Gasteiger partial charge in [0, 0.05) is 16.2 Å². The first-order valence-electron chi connectivity index (χ1n) is 7.86. The standard InChI is InChI=1S/C19H19NO3S2/c21-18(13-24-12-15-5-2-1-3-6-15)20-14-19(22,16-8-9-23-11-16)17-7-4-10-25-17/h1-11,22H,12-14H2,(H,20,21)/t19-/m1/s1. The summed E-state index contributed by atoms with van der Waals surface area (Å²) in [6.07, 6.45) is 3.03. The van der Waals surface area contributed by atoms with Crippen molar-refractivity contribution in [2.24, 2.45) is 0 Å². The SMILES string of the molecule is O=C(CSCc1ccccc1)NC[C@@](O)(c1ccoc1)c1cccs1. The Bertz CT molecular complexity index is 736. The van der Waals surface area contributed by atoms with Crippen LogP contribution in [0.4, 0.5) is 0 Å². The maximum Gasteiger partial charge on any atom is 0.230 e. The number of nitrogens with one attached hydrogen (secondary N) is 1. The maximum atomic E-state index is 12.2. The van der Waals surface area contributed by atoms with E-state index in [0.29, 0.717) is 11.3 Å². The van der Waals surface area contributed by atoms with Crippen molar-refractivity contribution in [3.8, 4) is 0 Å². The van der Waals surface area contributed by atoms with Crippen molar-refractivity contribution in [3.05, 3.63) is 82.4 Å². The number of carbonyl (C=O) groups excluding carboxylic acids is 1.